The third-order valence-corrected chi connectivity index (χ3v) is 3.96. The molecule has 118 valence electrons. The van der Waals surface area contributed by atoms with E-state index in [2.05, 4.69) is 22.1 Å². The summed E-state index contributed by atoms with van der Waals surface area (Å²) in [6.07, 6.45) is 2.62. The third-order valence-electron chi connectivity index (χ3n) is 3.96. The van der Waals surface area contributed by atoms with E-state index in [-0.39, 0.29) is 0 Å². The first-order chi connectivity index (χ1) is 11.8. The van der Waals surface area contributed by atoms with Crippen molar-refractivity contribution < 1.29 is 0 Å². The summed E-state index contributed by atoms with van der Waals surface area (Å²) in [5.41, 5.74) is 7.14. The van der Waals surface area contributed by atoms with Gasteiger partial charge in [0.25, 0.3) is 0 Å². The topological polar surface area (TPSA) is 57.4 Å². The van der Waals surface area contributed by atoms with E-state index in [4.69, 9.17) is 9.97 Å². The molecular formula is C20H18N4. The van der Waals surface area contributed by atoms with Crippen LogP contribution in [0.2, 0.25) is 0 Å². The molecule has 4 rings (SSSR count). The second-order valence-electron chi connectivity index (χ2n) is 5.84. The number of nitrogens with zero attached hydrogens (tertiary/aromatic N) is 2. The Balaban J connectivity index is 1.61. The SMILES string of the molecule is Cc1ccc(-c2cccc(Cc3cccc(-c4ccc[nH]4)n3)n2)[nH]1. The van der Waals surface area contributed by atoms with Crippen molar-refractivity contribution in [2.75, 3.05) is 0 Å². The number of nitrogens with one attached hydrogen (secondary N) is 2. The number of aromatic amines is 2. The van der Waals surface area contributed by atoms with Crippen LogP contribution in [-0.2, 0) is 6.42 Å². The molecule has 0 spiro atoms. The Labute approximate surface area is 140 Å². The van der Waals surface area contributed by atoms with Crippen molar-refractivity contribution in [3.05, 3.63) is 83.9 Å². The number of aryl methyl sites for hydroxylation is 1. The molecule has 0 radical (unpaired) electrons. The predicted molar refractivity (Wildman–Crippen MR) is 95.6 cm³/mol. The quantitative estimate of drug-likeness (QED) is 0.588. The number of hydrogen-bond donors (Lipinski definition) is 2. The molecule has 0 aliphatic carbocycles. The van der Waals surface area contributed by atoms with Crippen LogP contribution in [0, 0.1) is 6.92 Å². The number of H-pyrrole nitrogens is 2. The highest BCUT2D eigenvalue weighted by atomic mass is 14.8. The van der Waals surface area contributed by atoms with Crippen molar-refractivity contribution in [2.24, 2.45) is 0 Å². The summed E-state index contributed by atoms with van der Waals surface area (Å²) in [6.45, 7) is 2.05. The fourth-order valence-corrected chi connectivity index (χ4v) is 2.78. The maximum absolute atomic E-state index is 4.76. The summed E-state index contributed by atoms with van der Waals surface area (Å²) in [7, 11) is 0. The van der Waals surface area contributed by atoms with Gasteiger partial charge in [0.1, 0.15) is 0 Å². The second-order valence-corrected chi connectivity index (χ2v) is 5.84. The molecular weight excluding hydrogens is 296 g/mol. The minimum Gasteiger partial charge on any atom is -0.360 e. The van der Waals surface area contributed by atoms with Crippen LogP contribution in [0.25, 0.3) is 22.8 Å². The molecule has 0 fully saturated rings. The van der Waals surface area contributed by atoms with E-state index in [1.807, 2.05) is 61.7 Å². The first kappa shape index (κ1) is 14.5. The average molecular weight is 314 g/mol. The monoisotopic (exact) mass is 314 g/mol. The molecule has 4 heteroatoms. The van der Waals surface area contributed by atoms with Gasteiger partial charge in [-0.1, -0.05) is 12.1 Å². The van der Waals surface area contributed by atoms with Gasteiger partial charge in [-0.05, 0) is 55.5 Å². The molecule has 0 amide bonds. The standard InChI is InChI=1S/C20H18N4/c1-14-10-11-20(22-14)19-8-3-6-16(24-19)13-15-5-2-7-18(23-15)17-9-4-12-21-17/h2-12,21-22H,13H2,1H3. The van der Waals surface area contributed by atoms with Crippen LogP contribution in [0.15, 0.2) is 66.9 Å². The summed E-state index contributed by atoms with van der Waals surface area (Å²) in [4.78, 5) is 16.0. The van der Waals surface area contributed by atoms with Crippen LogP contribution in [0.5, 0.6) is 0 Å². The van der Waals surface area contributed by atoms with E-state index < -0.39 is 0 Å². The van der Waals surface area contributed by atoms with Gasteiger partial charge in [0, 0.05) is 29.7 Å². The molecule has 4 heterocycles. The summed E-state index contributed by atoms with van der Waals surface area (Å²) in [5, 5.41) is 0. The van der Waals surface area contributed by atoms with E-state index in [0.717, 1.165) is 39.9 Å². The molecule has 4 aromatic rings. The lowest BCUT2D eigenvalue weighted by Gasteiger charge is -2.05. The lowest BCUT2D eigenvalue weighted by molar-refractivity contribution is 1.01. The summed E-state index contributed by atoms with van der Waals surface area (Å²) in [5.74, 6) is 0. The number of pyridine rings is 2. The maximum atomic E-state index is 4.76. The van der Waals surface area contributed by atoms with Gasteiger partial charge in [0.05, 0.1) is 22.8 Å². The van der Waals surface area contributed by atoms with Crippen LogP contribution in [0.4, 0.5) is 0 Å². The first-order valence-corrected chi connectivity index (χ1v) is 7.99. The fourth-order valence-electron chi connectivity index (χ4n) is 2.78. The Bertz CT molecular complexity index is 951. The Morgan fingerprint density at radius 3 is 2.04 bits per heavy atom. The van der Waals surface area contributed by atoms with Crippen LogP contribution < -0.4 is 0 Å². The third kappa shape index (κ3) is 2.99. The van der Waals surface area contributed by atoms with Gasteiger partial charge in [-0.15, -0.1) is 0 Å². The largest absolute Gasteiger partial charge is 0.360 e. The number of aromatic nitrogens is 4. The van der Waals surface area contributed by atoms with Gasteiger partial charge in [-0.25, -0.2) is 0 Å². The predicted octanol–water partition coefficient (Wildman–Crippen LogP) is 4.37. The van der Waals surface area contributed by atoms with Gasteiger partial charge in [-0.3, -0.25) is 9.97 Å². The number of rotatable bonds is 4. The molecule has 0 bridgehead atoms. The van der Waals surface area contributed by atoms with Gasteiger partial charge >= 0.3 is 0 Å². The molecule has 0 saturated carbocycles. The average Bonchev–Trinajstić information content (AvgIpc) is 3.27. The Hall–Kier alpha value is -3.14. The Kier molecular flexibility index (Phi) is 3.71. The second kappa shape index (κ2) is 6.16. The summed E-state index contributed by atoms with van der Waals surface area (Å²) < 4.78 is 0. The van der Waals surface area contributed by atoms with Crippen LogP contribution in [-0.4, -0.2) is 19.9 Å². The molecule has 24 heavy (non-hydrogen) atoms. The lowest BCUT2D eigenvalue weighted by Crippen LogP contribution is -1.97. The molecule has 0 aliphatic rings. The van der Waals surface area contributed by atoms with Crippen molar-refractivity contribution >= 4 is 0 Å². The van der Waals surface area contributed by atoms with E-state index in [0.29, 0.717) is 6.42 Å². The summed E-state index contributed by atoms with van der Waals surface area (Å²) >= 11 is 0. The highest BCUT2D eigenvalue weighted by Crippen LogP contribution is 2.19. The van der Waals surface area contributed by atoms with Crippen LogP contribution in [0.3, 0.4) is 0 Å². The van der Waals surface area contributed by atoms with Crippen molar-refractivity contribution in [3.63, 3.8) is 0 Å². The smallest absolute Gasteiger partial charge is 0.0867 e. The van der Waals surface area contributed by atoms with Gasteiger partial charge < -0.3 is 9.97 Å². The maximum Gasteiger partial charge on any atom is 0.0867 e. The normalized spacial score (nSPS) is 10.9. The zero-order chi connectivity index (χ0) is 16.4. The fraction of sp³-hybridized carbons (Fsp3) is 0.100. The molecule has 0 saturated heterocycles. The highest BCUT2D eigenvalue weighted by molar-refractivity contribution is 5.56. The molecule has 0 unspecified atom stereocenters. The van der Waals surface area contributed by atoms with Crippen molar-refractivity contribution in [3.8, 4) is 22.8 Å². The summed E-state index contributed by atoms with van der Waals surface area (Å²) in [6, 6.07) is 20.3. The highest BCUT2D eigenvalue weighted by Gasteiger charge is 2.06. The van der Waals surface area contributed by atoms with E-state index in [9.17, 15) is 0 Å². The van der Waals surface area contributed by atoms with Crippen molar-refractivity contribution in [2.45, 2.75) is 13.3 Å². The zero-order valence-electron chi connectivity index (χ0n) is 13.5. The van der Waals surface area contributed by atoms with Crippen LogP contribution in [0.1, 0.15) is 17.1 Å². The van der Waals surface area contributed by atoms with E-state index in [1.165, 1.54) is 0 Å². The van der Waals surface area contributed by atoms with Crippen molar-refractivity contribution in [1.29, 1.82) is 0 Å². The molecule has 0 atom stereocenters. The molecule has 2 N–H and O–H groups in total. The first-order valence-electron chi connectivity index (χ1n) is 7.99. The Morgan fingerprint density at radius 1 is 0.750 bits per heavy atom. The van der Waals surface area contributed by atoms with Gasteiger partial charge in [0.15, 0.2) is 0 Å². The van der Waals surface area contributed by atoms with Gasteiger partial charge in [-0.2, -0.15) is 0 Å². The molecule has 4 nitrogen and oxygen atoms in total. The van der Waals surface area contributed by atoms with Gasteiger partial charge in [0.2, 0.25) is 0 Å². The minimum absolute atomic E-state index is 0.710. The van der Waals surface area contributed by atoms with Crippen LogP contribution >= 0.6 is 0 Å². The van der Waals surface area contributed by atoms with E-state index >= 15 is 0 Å². The molecule has 4 aromatic heterocycles. The molecule has 0 aliphatic heterocycles. The lowest BCUT2D eigenvalue weighted by atomic mass is 10.1. The van der Waals surface area contributed by atoms with Crippen molar-refractivity contribution in [1.82, 2.24) is 19.9 Å². The number of hydrogen-bond acceptors (Lipinski definition) is 2. The molecule has 0 aromatic carbocycles. The minimum atomic E-state index is 0.710. The zero-order valence-corrected chi connectivity index (χ0v) is 13.5. The Morgan fingerprint density at radius 2 is 1.46 bits per heavy atom. The van der Waals surface area contributed by atoms with E-state index in [1.54, 1.807) is 0 Å².